The van der Waals surface area contributed by atoms with Crippen molar-refractivity contribution in [2.45, 2.75) is 19.8 Å². The molecule has 2 aromatic rings. The van der Waals surface area contributed by atoms with E-state index >= 15 is 0 Å². The molecule has 0 aliphatic carbocycles. The minimum atomic E-state index is 0.180. The molecule has 0 fully saturated rings. The molecule has 0 amide bonds. The lowest BCUT2D eigenvalue weighted by Crippen LogP contribution is -2.01. The lowest BCUT2D eigenvalue weighted by molar-refractivity contribution is 0.0982. The van der Waals surface area contributed by atoms with Gasteiger partial charge >= 0.3 is 0 Å². The second-order valence-corrected chi connectivity index (χ2v) is 4.84. The molecule has 0 atom stereocenters. The Kier molecular flexibility index (Phi) is 3.19. The summed E-state index contributed by atoms with van der Waals surface area (Å²) in [5.74, 6) is 0.180. The Morgan fingerprint density at radius 3 is 2.94 bits per heavy atom. The van der Waals surface area contributed by atoms with E-state index in [2.05, 4.69) is 11.2 Å². The van der Waals surface area contributed by atoms with Crippen molar-refractivity contribution in [1.29, 1.82) is 0 Å². The maximum absolute atomic E-state index is 11.9. The first kappa shape index (κ1) is 11.1. The predicted octanol–water partition coefficient (Wildman–Crippen LogP) is 2.61. The monoisotopic (exact) mass is 234 g/mol. The number of ketones is 1. The van der Waals surface area contributed by atoms with Crippen molar-refractivity contribution in [2.24, 2.45) is 7.05 Å². The quantitative estimate of drug-likeness (QED) is 0.762. The van der Waals surface area contributed by atoms with Crippen molar-refractivity contribution in [3.05, 3.63) is 39.8 Å². The van der Waals surface area contributed by atoms with Crippen LogP contribution in [0.1, 0.15) is 27.3 Å². The molecule has 0 unspecified atom stereocenters. The number of aryl methyl sites for hydroxylation is 3. The Morgan fingerprint density at radius 1 is 1.56 bits per heavy atom. The lowest BCUT2D eigenvalue weighted by Gasteiger charge is -1.97. The fourth-order valence-electron chi connectivity index (χ4n) is 1.70. The number of hydrogen-bond donors (Lipinski definition) is 0. The number of aromatic nitrogens is 2. The summed E-state index contributed by atoms with van der Waals surface area (Å²) in [6.45, 7) is 1.87. The third-order valence-corrected chi connectivity index (χ3v) is 3.43. The average molecular weight is 234 g/mol. The maximum Gasteiger partial charge on any atom is 0.166 e. The average Bonchev–Trinajstić information content (AvgIpc) is 2.84. The van der Waals surface area contributed by atoms with Crippen LogP contribution >= 0.6 is 11.3 Å². The number of thiophene rings is 1. The van der Waals surface area contributed by atoms with Gasteiger partial charge in [0.25, 0.3) is 0 Å². The molecule has 0 aliphatic rings. The normalized spacial score (nSPS) is 10.6. The third-order valence-electron chi connectivity index (χ3n) is 2.49. The largest absolute Gasteiger partial charge is 0.294 e. The number of Topliss-reactive ketones (excluding diaryl/α,β-unsaturated/α-hetero) is 1. The maximum atomic E-state index is 11.9. The van der Waals surface area contributed by atoms with Gasteiger partial charge in [0.2, 0.25) is 0 Å². The molecule has 0 radical (unpaired) electrons. The van der Waals surface area contributed by atoms with E-state index in [4.69, 9.17) is 0 Å². The van der Waals surface area contributed by atoms with Crippen molar-refractivity contribution in [3.8, 4) is 0 Å². The summed E-state index contributed by atoms with van der Waals surface area (Å²) in [5.41, 5.74) is 1.57. The molecule has 0 aliphatic heterocycles. The van der Waals surface area contributed by atoms with Crippen molar-refractivity contribution < 1.29 is 4.79 Å². The van der Waals surface area contributed by atoms with Gasteiger partial charge in [-0.2, -0.15) is 5.10 Å². The summed E-state index contributed by atoms with van der Waals surface area (Å²) in [7, 11) is 1.84. The molecule has 16 heavy (non-hydrogen) atoms. The van der Waals surface area contributed by atoms with Gasteiger partial charge in [0.05, 0.1) is 11.3 Å². The minimum absolute atomic E-state index is 0.180. The van der Waals surface area contributed by atoms with E-state index in [9.17, 15) is 4.79 Å². The summed E-state index contributed by atoms with van der Waals surface area (Å²) in [6.07, 6.45) is 3.18. The molecular weight excluding hydrogens is 220 g/mol. The van der Waals surface area contributed by atoms with Crippen molar-refractivity contribution in [3.63, 3.8) is 0 Å². The van der Waals surface area contributed by atoms with Gasteiger partial charge in [0.15, 0.2) is 5.78 Å². The Bertz CT molecular complexity index is 485. The second kappa shape index (κ2) is 4.61. The zero-order chi connectivity index (χ0) is 11.5. The van der Waals surface area contributed by atoms with Gasteiger partial charge in [-0.05, 0) is 24.8 Å². The molecule has 0 saturated heterocycles. The molecular formula is C12H14N2OS. The van der Waals surface area contributed by atoms with Crippen LogP contribution in [0.2, 0.25) is 0 Å². The van der Waals surface area contributed by atoms with Crippen LogP contribution < -0.4 is 0 Å². The fraction of sp³-hybridized carbons (Fsp3) is 0.333. The van der Waals surface area contributed by atoms with E-state index in [1.54, 1.807) is 22.2 Å². The number of carbonyl (C=O) groups excluding carboxylic acids is 1. The first-order valence-corrected chi connectivity index (χ1v) is 6.10. The van der Waals surface area contributed by atoms with Gasteiger partial charge in [0.1, 0.15) is 0 Å². The highest BCUT2D eigenvalue weighted by atomic mass is 32.1. The Morgan fingerprint density at radius 2 is 2.38 bits per heavy atom. The molecule has 0 N–H and O–H groups in total. The van der Waals surface area contributed by atoms with Crippen LogP contribution in [-0.2, 0) is 13.5 Å². The first-order chi connectivity index (χ1) is 7.66. The first-order valence-electron chi connectivity index (χ1n) is 5.22. The summed E-state index contributed by atoms with van der Waals surface area (Å²) in [6, 6.07) is 4.08. The van der Waals surface area contributed by atoms with Crippen LogP contribution in [0.3, 0.4) is 0 Å². The SMILES string of the molecule is Cc1nn(C)cc1C(=O)CCc1cccs1. The summed E-state index contributed by atoms with van der Waals surface area (Å²) < 4.78 is 1.69. The number of rotatable bonds is 4. The molecule has 3 nitrogen and oxygen atoms in total. The molecule has 0 spiro atoms. The number of nitrogens with zero attached hydrogens (tertiary/aromatic N) is 2. The van der Waals surface area contributed by atoms with Crippen LogP contribution in [0.4, 0.5) is 0 Å². The lowest BCUT2D eigenvalue weighted by atomic mass is 10.1. The fourth-order valence-corrected chi connectivity index (χ4v) is 2.41. The summed E-state index contributed by atoms with van der Waals surface area (Å²) >= 11 is 1.70. The highest BCUT2D eigenvalue weighted by Gasteiger charge is 2.12. The van der Waals surface area contributed by atoms with Gasteiger partial charge in [-0.25, -0.2) is 0 Å². The molecule has 2 heterocycles. The predicted molar refractivity (Wildman–Crippen MR) is 64.9 cm³/mol. The zero-order valence-corrected chi connectivity index (χ0v) is 10.3. The molecule has 2 aromatic heterocycles. The molecule has 84 valence electrons. The van der Waals surface area contributed by atoms with Gasteiger partial charge in [-0.3, -0.25) is 9.48 Å². The van der Waals surface area contributed by atoms with Crippen LogP contribution in [0.25, 0.3) is 0 Å². The Hall–Kier alpha value is -1.42. The van der Waals surface area contributed by atoms with Gasteiger partial charge in [-0.1, -0.05) is 6.07 Å². The molecule has 0 bridgehead atoms. The van der Waals surface area contributed by atoms with E-state index in [0.29, 0.717) is 6.42 Å². The number of hydrogen-bond acceptors (Lipinski definition) is 3. The molecule has 4 heteroatoms. The highest BCUT2D eigenvalue weighted by molar-refractivity contribution is 7.09. The van der Waals surface area contributed by atoms with Gasteiger partial charge in [0, 0.05) is 24.5 Å². The van der Waals surface area contributed by atoms with Gasteiger partial charge < -0.3 is 0 Å². The smallest absolute Gasteiger partial charge is 0.166 e. The summed E-state index contributed by atoms with van der Waals surface area (Å²) in [4.78, 5) is 13.2. The van der Waals surface area contributed by atoms with Crippen molar-refractivity contribution >= 4 is 17.1 Å². The molecule has 0 aromatic carbocycles. The Balaban J connectivity index is 2.01. The van der Waals surface area contributed by atoms with E-state index in [1.807, 2.05) is 25.4 Å². The van der Waals surface area contributed by atoms with E-state index in [1.165, 1.54) is 4.88 Å². The van der Waals surface area contributed by atoms with E-state index in [0.717, 1.165) is 17.7 Å². The number of carbonyl (C=O) groups is 1. The minimum Gasteiger partial charge on any atom is -0.294 e. The van der Waals surface area contributed by atoms with Gasteiger partial charge in [-0.15, -0.1) is 11.3 Å². The highest BCUT2D eigenvalue weighted by Crippen LogP contribution is 2.14. The topological polar surface area (TPSA) is 34.9 Å². The molecule has 0 saturated carbocycles. The Labute approximate surface area is 98.7 Å². The standard InChI is InChI=1S/C12H14N2OS/c1-9-11(8-14(2)13-9)12(15)6-5-10-4-3-7-16-10/h3-4,7-8H,5-6H2,1-2H3. The van der Waals surface area contributed by atoms with Crippen LogP contribution in [-0.4, -0.2) is 15.6 Å². The van der Waals surface area contributed by atoms with E-state index in [-0.39, 0.29) is 5.78 Å². The molecule has 2 rings (SSSR count). The zero-order valence-electron chi connectivity index (χ0n) is 9.43. The van der Waals surface area contributed by atoms with E-state index < -0.39 is 0 Å². The van der Waals surface area contributed by atoms with Crippen LogP contribution in [0.5, 0.6) is 0 Å². The third kappa shape index (κ3) is 2.39. The van der Waals surface area contributed by atoms with Crippen LogP contribution in [0.15, 0.2) is 23.7 Å². The van der Waals surface area contributed by atoms with Crippen molar-refractivity contribution in [1.82, 2.24) is 9.78 Å². The van der Waals surface area contributed by atoms with Crippen LogP contribution in [0, 0.1) is 6.92 Å². The van der Waals surface area contributed by atoms with Crippen molar-refractivity contribution in [2.75, 3.05) is 0 Å². The summed E-state index contributed by atoms with van der Waals surface area (Å²) in [5, 5.41) is 6.21. The second-order valence-electron chi connectivity index (χ2n) is 3.80.